The van der Waals surface area contributed by atoms with Gasteiger partial charge in [0.1, 0.15) is 10.5 Å². The van der Waals surface area contributed by atoms with Crippen molar-refractivity contribution in [3.63, 3.8) is 0 Å². The Bertz CT molecular complexity index is 117. The van der Waals surface area contributed by atoms with Crippen LogP contribution in [0.5, 0.6) is 0 Å². The second kappa shape index (κ2) is 4.02. The number of rotatable bonds is 4. The monoisotopic (exact) mass is 206 g/mol. The predicted molar refractivity (Wildman–Crippen MR) is 61.5 cm³/mol. The van der Waals surface area contributed by atoms with Gasteiger partial charge < -0.3 is 4.12 Å². The second-order valence-electron chi connectivity index (χ2n) is 5.02. The minimum absolute atomic E-state index is 0.813. The maximum Gasteiger partial charge on any atom is 0.172 e. The zero-order valence-electron chi connectivity index (χ0n) is 8.82. The fraction of sp³-hybridized carbons (Fsp3) is 1.00. The first-order valence-corrected chi connectivity index (χ1v) is 12.0. The van der Waals surface area contributed by atoms with Crippen LogP contribution in [0.25, 0.3) is 0 Å². The van der Waals surface area contributed by atoms with Gasteiger partial charge in [-0.1, -0.05) is 25.7 Å². The Morgan fingerprint density at radius 2 is 1.45 bits per heavy atom. The third-order valence-electron chi connectivity index (χ3n) is 2.03. The van der Waals surface area contributed by atoms with Crippen LogP contribution in [-0.2, 0) is 4.12 Å². The van der Waals surface area contributed by atoms with Gasteiger partial charge >= 0.3 is 0 Å². The molecule has 0 spiro atoms. The average molecular weight is 207 g/mol. The molecule has 0 aliphatic rings. The second-order valence-corrected chi connectivity index (χ2v) is 16.3. The van der Waals surface area contributed by atoms with Crippen molar-refractivity contribution in [2.45, 2.75) is 44.8 Å². The fourth-order valence-electron chi connectivity index (χ4n) is 0.778. The van der Waals surface area contributed by atoms with E-state index in [-0.39, 0.29) is 0 Å². The molecule has 0 amide bonds. The summed E-state index contributed by atoms with van der Waals surface area (Å²) in [6, 6.07) is 2.81. The van der Waals surface area contributed by atoms with E-state index in [0.717, 1.165) is 10.5 Å². The van der Waals surface area contributed by atoms with Crippen molar-refractivity contribution in [3.8, 4) is 0 Å². The lowest BCUT2D eigenvalue weighted by molar-refractivity contribution is 0.608. The van der Waals surface area contributed by atoms with E-state index in [1.807, 2.05) is 0 Å². The van der Waals surface area contributed by atoms with E-state index in [1.54, 1.807) is 0 Å². The smallest absolute Gasteiger partial charge is 0.172 e. The Kier molecular flexibility index (Phi) is 4.24. The van der Waals surface area contributed by atoms with E-state index in [1.165, 1.54) is 12.1 Å². The summed E-state index contributed by atoms with van der Waals surface area (Å²) in [6.07, 6.45) is 0. The zero-order chi connectivity index (χ0) is 9.12. The zero-order valence-corrected chi connectivity index (χ0v) is 12.8. The molecular weight excluding hydrogens is 184 g/mol. The van der Waals surface area contributed by atoms with Gasteiger partial charge in [-0.15, -0.1) is 0 Å². The van der Waals surface area contributed by atoms with Crippen molar-refractivity contribution in [1.29, 1.82) is 0 Å². The lowest BCUT2D eigenvalue weighted by Crippen LogP contribution is -2.32. The van der Waals surface area contributed by atoms with Crippen molar-refractivity contribution in [1.82, 2.24) is 0 Å². The Balaban J connectivity index is 3.70. The van der Waals surface area contributed by atoms with Crippen LogP contribution in [0.15, 0.2) is 0 Å². The summed E-state index contributed by atoms with van der Waals surface area (Å²) in [7, 11) is -1.08. The molecule has 0 bridgehead atoms. The summed E-state index contributed by atoms with van der Waals surface area (Å²) in [6.45, 7) is 12.0. The molecule has 0 unspecified atom stereocenters. The van der Waals surface area contributed by atoms with E-state index in [4.69, 9.17) is 4.12 Å². The first-order valence-electron chi connectivity index (χ1n) is 4.32. The maximum atomic E-state index is 5.63. The van der Waals surface area contributed by atoms with Crippen molar-refractivity contribution >= 4 is 26.9 Å². The average Bonchev–Trinajstić information content (AvgIpc) is 1.83. The molecule has 0 saturated carbocycles. The first kappa shape index (κ1) is 11.6. The molecule has 0 N–H and O–H groups in total. The quantitative estimate of drug-likeness (QED) is 0.638. The van der Waals surface area contributed by atoms with E-state index >= 15 is 0 Å². The molecule has 0 rings (SSSR count). The van der Waals surface area contributed by atoms with Gasteiger partial charge in [0.25, 0.3) is 0 Å². The predicted octanol–water partition coefficient (Wildman–Crippen LogP) is 1.83. The molecular formula is C7H22OSi3. The van der Waals surface area contributed by atoms with Gasteiger partial charge in [-0.2, -0.15) is 0 Å². The molecule has 11 heavy (non-hydrogen) atoms. The topological polar surface area (TPSA) is 9.23 Å². The normalized spacial score (nSPS) is 13.9. The summed E-state index contributed by atoms with van der Waals surface area (Å²) in [5.74, 6) is 0. The van der Waals surface area contributed by atoms with Crippen LogP contribution in [0, 0.1) is 0 Å². The number of hydrogen-bond donors (Lipinski definition) is 0. The standard InChI is InChI=1S/C7H22OSi3/c1-10(2,3)6-7-11(4,5)8-9/h6-7H2,1-5,9H3. The summed E-state index contributed by atoms with van der Waals surface area (Å²) >= 11 is 0. The summed E-state index contributed by atoms with van der Waals surface area (Å²) < 4.78 is 5.63. The van der Waals surface area contributed by atoms with Crippen LogP contribution in [0.2, 0.25) is 44.8 Å². The third kappa shape index (κ3) is 6.99. The van der Waals surface area contributed by atoms with Crippen molar-refractivity contribution < 1.29 is 4.12 Å². The summed E-state index contributed by atoms with van der Waals surface area (Å²) in [4.78, 5) is 0. The minimum atomic E-state index is -1.19. The highest BCUT2D eigenvalue weighted by Crippen LogP contribution is 2.19. The fourth-order valence-corrected chi connectivity index (χ4v) is 7.00. The molecule has 4 heteroatoms. The SMILES string of the molecule is C[Si](C)(C)CC[Si](C)(C)O[SiH3]. The Morgan fingerprint density at radius 3 is 1.73 bits per heavy atom. The molecule has 0 radical (unpaired) electrons. The molecule has 0 atom stereocenters. The largest absolute Gasteiger partial charge is 0.463 e. The van der Waals surface area contributed by atoms with Crippen molar-refractivity contribution in [2.24, 2.45) is 0 Å². The van der Waals surface area contributed by atoms with Crippen LogP contribution >= 0.6 is 0 Å². The van der Waals surface area contributed by atoms with Gasteiger partial charge in [0.15, 0.2) is 8.32 Å². The molecule has 0 fully saturated rings. The molecule has 0 saturated heterocycles. The van der Waals surface area contributed by atoms with Gasteiger partial charge in [-0.25, -0.2) is 0 Å². The molecule has 0 aromatic heterocycles. The number of hydrogen-bond acceptors (Lipinski definition) is 1. The van der Waals surface area contributed by atoms with Gasteiger partial charge in [0.05, 0.1) is 0 Å². The Labute approximate surface area is 76.2 Å². The van der Waals surface area contributed by atoms with Crippen LogP contribution in [-0.4, -0.2) is 26.9 Å². The third-order valence-corrected chi connectivity index (χ3v) is 10.2. The molecule has 0 aliphatic carbocycles. The minimum Gasteiger partial charge on any atom is -0.463 e. The van der Waals surface area contributed by atoms with Gasteiger partial charge in [-0.05, 0) is 19.1 Å². The highest BCUT2D eigenvalue weighted by Gasteiger charge is 2.23. The molecule has 1 nitrogen and oxygen atoms in total. The van der Waals surface area contributed by atoms with Gasteiger partial charge in [-0.3, -0.25) is 0 Å². The van der Waals surface area contributed by atoms with Crippen LogP contribution < -0.4 is 0 Å². The summed E-state index contributed by atoms with van der Waals surface area (Å²) in [5, 5.41) is 0. The first-order chi connectivity index (χ1) is 4.77. The van der Waals surface area contributed by atoms with E-state index in [0.29, 0.717) is 0 Å². The van der Waals surface area contributed by atoms with Gasteiger partial charge in [0, 0.05) is 8.07 Å². The van der Waals surface area contributed by atoms with E-state index < -0.39 is 16.4 Å². The van der Waals surface area contributed by atoms with E-state index in [9.17, 15) is 0 Å². The van der Waals surface area contributed by atoms with Crippen molar-refractivity contribution in [3.05, 3.63) is 0 Å². The highest BCUT2D eigenvalue weighted by atomic mass is 28.4. The van der Waals surface area contributed by atoms with Crippen LogP contribution in [0.3, 0.4) is 0 Å². The molecule has 68 valence electrons. The summed E-state index contributed by atoms with van der Waals surface area (Å²) in [5.41, 5.74) is 0. The maximum absolute atomic E-state index is 5.63. The van der Waals surface area contributed by atoms with Crippen LogP contribution in [0.1, 0.15) is 0 Å². The van der Waals surface area contributed by atoms with Gasteiger partial charge in [0.2, 0.25) is 0 Å². The van der Waals surface area contributed by atoms with E-state index in [2.05, 4.69) is 32.7 Å². The molecule has 0 aromatic carbocycles. The highest BCUT2D eigenvalue weighted by molar-refractivity contribution is 6.80. The lowest BCUT2D eigenvalue weighted by Gasteiger charge is -2.24. The van der Waals surface area contributed by atoms with Crippen molar-refractivity contribution in [2.75, 3.05) is 0 Å². The Morgan fingerprint density at radius 1 is 1.00 bits per heavy atom. The molecule has 0 aromatic rings. The molecule has 0 heterocycles. The molecule has 0 aliphatic heterocycles. The lowest BCUT2D eigenvalue weighted by atomic mass is 10.9. The van der Waals surface area contributed by atoms with Crippen LogP contribution in [0.4, 0.5) is 0 Å². The Hall–Kier alpha value is 0.611.